The topological polar surface area (TPSA) is 110 Å². The van der Waals surface area contributed by atoms with Crippen LogP contribution in [0.5, 0.6) is 0 Å². The predicted octanol–water partition coefficient (Wildman–Crippen LogP) is 1.56. The van der Waals surface area contributed by atoms with Gasteiger partial charge < -0.3 is 16.4 Å². The fourth-order valence-electron chi connectivity index (χ4n) is 2.49. The highest BCUT2D eigenvalue weighted by Crippen LogP contribution is 2.17. The number of rotatable bonds is 6. The van der Waals surface area contributed by atoms with Crippen molar-refractivity contribution in [1.29, 1.82) is 0 Å². The van der Waals surface area contributed by atoms with Gasteiger partial charge in [-0.1, -0.05) is 12.8 Å². The maximum absolute atomic E-state index is 11.9. The first-order valence-corrected chi connectivity index (χ1v) is 7.57. The van der Waals surface area contributed by atoms with Crippen molar-refractivity contribution in [3.05, 3.63) is 35.8 Å². The lowest BCUT2D eigenvalue weighted by Crippen LogP contribution is -2.31. The van der Waals surface area contributed by atoms with Gasteiger partial charge in [-0.2, -0.15) is 0 Å². The zero-order valence-corrected chi connectivity index (χ0v) is 13.1. The second kappa shape index (κ2) is 8.07. The lowest BCUT2D eigenvalue weighted by Gasteiger charge is -2.10. The van der Waals surface area contributed by atoms with Crippen LogP contribution in [0.2, 0.25) is 0 Å². The molecule has 0 unspecified atom stereocenters. The van der Waals surface area contributed by atoms with E-state index in [4.69, 9.17) is 5.73 Å². The van der Waals surface area contributed by atoms with Gasteiger partial charge in [-0.25, -0.2) is 9.97 Å². The van der Waals surface area contributed by atoms with Crippen LogP contribution in [0.25, 0.3) is 0 Å². The number of carbonyl (C=O) groups excluding carboxylic acids is 2. The number of allylic oxidation sites excluding steroid dienone is 3. The summed E-state index contributed by atoms with van der Waals surface area (Å²) >= 11 is 0. The highest BCUT2D eigenvalue weighted by Gasteiger charge is 2.15. The Bertz CT molecular complexity index is 633. The minimum Gasteiger partial charge on any atom is -0.384 e. The molecule has 0 spiro atoms. The first kappa shape index (κ1) is 16.7. The molecule has 0 aromatic carbocycles. The van der Waals surface area contributed by atoms with E-state index in [9.17, 15) is 9.59 Å². The zero-order chi connectivity index (χ0) is 16.7. The molecule has 122 valence electrons. The summed E-state index contributed by atoms with van der Waals surface area (Å²) in [6.45, 7) is 1.76. The summed E-state index contributed by atoms with van der Waals surface area (Å²) in [4.78, 5) is 30.8. The molecule has 1 saturated carbocycles. The fourth-order valence-corrected chi connectivity index (χ4v) is 2.49. The predicted molar refractivity (Wildman–Crippen MR) is 88.4 cm³/mol. The van der Waals surface area contributed by atoms with Gasteiger partial charge in [-0.3, -0.25) is 9.59 Å². The number of nitrogens with one attached hydrogen (secondary N) is 2. The van der Waals surface area contributed by atoms with Crippen LogP contribution >= 0.6 is 0 Å². The average Bonchev–Trinajstić information content (AvgIpc) is 2.99. The number of nitrogen functional groups attached to an aromatic ring is 1. The quantitative estimate of drug-likeness (QED) is 0.417. The molecule has 1 aromatic heterocycles. The van der Waals surface area contributed by atoms with Crippen molar-refractivity contribution in [2.75, 3.05) is 11.1 Å². The minimum atomic E-state index is -0.137. The van der Waals surface area contributed by atoms with Crippen LogP contribution in [0.15, 0.2) is 35.8 Å². The van der Waals surface area contributed by atoms with Crippen LogP contribution in [0.1, 0.15) is 32.6 Å². The van der Waals surface area contributed by atoms with Gasteiger partial charge in [0.05, 0.1) is 5.70 Å². The van der Waals surface area contributed by atoms with Gasteiger partial charge in [0.25, 0.3) is 0 Å². The van der Waals surface area contributed by atoms with Crippen LogP contribution in [0.3, 0.4) is 0 Å². The Morgan fingerprint density at radius 3 is 2.70 bits per heavy atom. The maximum Gasteiger partial charge on any atom is 0.244 e. The molecule has 1 aromatic rings. The van der Waals surface area contributed by atoms with Gasteiger partial charge in [0.1, 0.15) is 18.0 Å². The minimum absolute atomic E-state index is 0.137. The Morgan fingerprint density at radius 2 is 2.04 bits per heavy atom. The second-order valence-electron chi connectivity index (χ2n) is 5.55. The first-order valence-electron chi connectivity index (χ1n) is 7.57. The summed E-state index contributed by atoms with van der Waals surface area (Å²) in [5.41, 5.74) is 6.50. The lowest BCUT2D eigenvalue weighted by molar-refractivity contribution is -0.117. The normalized spacial score (nSPS) is 16.2. The van der Waals surface area contributed by atoms with E-state index in [1.165, 1.54) is 18.5 Å². The number of carbonyl (C=O) groups is 2. The molecule has 0 radical (unpaired) electrons. The summed E-state index contributed by atoms with van der Waals surface area (Å²) in [5, 5.41) is 5.80. The van der Waals surface area contributed by atoms with Crippen LogP contribution in [0.4, 0.5) is 11.6 Å². The van der Waals surface area contributed by atoms with E-state index in [0.29, 0.717) is 23.5 Å². The third-order valence-electron chi connectivity index (χ3n) is 3.53. The van der Waals surface area contributed by atoms with Crippen molar-refractivity contribution >= 4 is 23.8 Å². The van der Waals surface area contributed by atoms with E-state index in [2.05, 4.69) is 20.6 Å². The van der Waals surface area contributed by atoms with E-state index in [-0.39, 0.29) is 17.6 Å². The number of anilines is 2. The van der Waals surface area contributed by atoms with Crippen LogP contribution < -0.4 is 16.4 Å². The third kappa shape index (κ3) is 5.54. The van der Waals surface area contributed by atoms with Gasteiger partial charge in [0.2, 0.25) is 5.91 Å². The van der Waals surface area contributed by atoms with E-state index >= 15 is 0 Å². The Balaban J connectivity index is 1.99. The number of hydrogen-bond acceptors (Lipinski definition) is 6. The summed E-state index contributed by atoms with van der Waals surface area (Å²) < 4.78 is 0. The molecular weight excluding hydrogens is 294 g/mol. The van der Waals surface area contributed by atoms with E-state index < -0.39 is 0 Å². The van der Waals surface area contributed by atoms with Crippen molar-refractivity contribution in [1.82, 2.24) is 15.3 Å². The van der Waals surface area contributed by atoms with Crippen molar-refractivity contribution in [3.8, 4) is 0 Å². The van der Waals surface area contributed by atoms with E-state index in [1.54, 1.807) is 13.0 Å². The van der Waals surface area contributed by atoms with Gasteiger partial charge in [-0.15, -0.1) is 0 Å². The zero-order valence-electron chi connectivity index (χ0n) is 13.1. The molecule has 0 aliphatic heterocycles. The van der Waals surface area contributed by atoms with Crippen molar-refractivity contribution in [2.24, 2.45) is 0 Å². The van der Waals surface area contributed by atoms with Crippen molar-refractivity contribution in [2.45, 2.75) is 38.6 Å². The molecule has 0 saturated heterocycles. The number of hydrogen-bond donors (Lipinski definition) is 3. The lowest BCUT2D eigenvalue weighted by atomic mass is 10.2. The molecule has 7 nitrogen and oxygen atoms in total. The van der Waals surface area contributed by atoms with Gasteiger partial charge in [0, 0.05) is 18.2 Å². The summed E-state index contributed by atoms with van der Waals surface area (Å²) in [6, 6.07) is 1.78. The average molecular weight is 315 g/mol. The van der Waals surface area contributed by atoms with Crippen molar-refractivity contribution in [3.63, 3.8) is 0 Å². The monoisotopic (exact) mass is 315 g/mol. The van der Waals surface area contributed by atoms with Gasteiger partial charge >= 0.3 is 0 Å². The maximum atomic E-state index is 11.9. The fraction of sp³-hybridized carbons (Fsp3) is 0.375. The summed E-state index contributed by atoms with van der Waals surface area (Å²) in [7, 11) is 0. The number of aromatic nitrogens is 2. The van der Waals surface area contributed by atoms with Crippen LogP contribution in [-0.4, -0.2) is 28.2 Å². The molecule has 4 N–H and O–H groups in total. The second-order valence-corrected chi connectivity index (χ2v) is 5.55. The Morgan fingerprint density at radius 1 is 1.30 bits per heavy atom. The first-order chi connectivity index (χ1) is 11.1. The highest BCUT2D eigenvalue weighted by atomic mass is 16.1. The molecular formula is C16H21N5O2. The largest absolute Gasteiger partial charge is 0.384 e. The van der Waals surface area contributed by atoms with Crippen LogP contribution in [-0.2, 0) is 9.59 Å². The third-order valence-corrected chi connectivity index (χ3v) is 3.53. The summed E-state index contributed by atoms with van der Waals surface area (Å²) in [5.74, 6) is 0.581. The number of aldehydes is 1. The molecule has 1 fully saturated rings. The van der Waals surface area contributed by atoms with E-state index in [1.807, 2.05) is 0 Å². The van der Waals surface area contributed by atoms with Crippen LogP contribution in [0, 0.1) is 0 Å². The molecule has 1 aliphatic rings. The molecule has 1 amide bonds. The number of nitrogens with zero attached hydrogens (tertiary/aromatic N) is 2. The Hall–Kier alpha value is -2.70. The van der Waals surface area contributed by atoms with Crippen molar-refractivity contribution < 1.29 is 9.59 Å². The van der Waals surface area contributed by atoms with Gasteiger partial charge in [0.15, 0.2) is 6.29 Å². The number of nitrogens with two attached hydrogens (primary N) is 1. The molecule has 0 bridgehead atoms. The number of amides is 1. The smallest absolute Gasteiger partial charge is 0.244 e. The summed E-state index contributed by atoms with van der Waals surface area (Å²) in [6.07, 6.45) is 9.42. The molecule has 2 rings (SSSR count). The molecule has 23 heavy (non-hydrogen) atoms. The molecule has 7 heteroatoms. The standard InChI is InChI=1S/C16H21N5O2/c1-11(7-16(23)21-12-4-2-3-5-12)6-13(9-22)20-15-8-14(17)18-10-19-15/h6-10,12H,2-5H2,1H3,(H,21,23)(H3,17,18,19,20)/b11-7+,13-6+. The molecule has 1 aliphatic carbocycles. The SMILES string of the molecule is CC(=C\C(=O)NC1CCCC1)/C=C(\C=O)Nc1cc(N)ncn1. The Labute approximate surface area is 135 Å². The highest BCUT2D eigenvalue weighted by molar-refractivity contribution is 5.89. The van der Waals surface area contributed by atoms with E-state index in [0.717, 1.165) is 25.7 Å². The molecule has 1 heterocycles. The molecule has 0 atom stereocenters. The van der Waals surface area contributed by atoms with Gasteiger partial charge in [-0.05, 0) is 31.4 Å². The Kier molecular flexibility index (Phi) is 5.85.